The molecular formula is C17H25N7O. The molecule has 3 rings (SSSR count). The van der Waals surface area contributed by atoms with Crippen LogP contribution in [0.1, 0.15) is 28.9 Å². The molecule has 0 radical (unpaired) electrons. The van der Waals surface area contributed by atoms with Gasteiger partial charge in [-0.1, -0.05) is 5.21 Å². The maximum atomic E-state index is 12.2. The molecule has 0 spiro atoms. The highest BCUT2D eigenvalue weighted by molar-refractivity contribution is 5.91. The molecule has 0 aliphatic carbocycles. The Morgan fingerprint density at radius 2 is 2.36 bits per heavy atom. The molecule has 1 fully saturated rings. The molecule has 2 aromatic heterocycles. The van der Waals surface area contributed by atoms with Crippen LogP contribution in [0.25, 0.3) is 0 Å². The van der Waals surface area contributed by atoms with Gasteiger partial charge < -0.3 is 16.0 Å². The van der Waals surface area contributed by atoms with E-state index in [2.05, 4.69) is 31.2 Å². The Morgan fingerprint density at radius 3 is 3.16 bits per heavy atom. The third kappa shape index (κ3) is 4.99. The summed E-state index contributed by atoms with van der Waals surface area (Å²) in [6.45, 7) is 6.04. The maximum Gasteiger partial charge on any atom is 0.273 e. The van der Waals surface area contributed by atoms with Gasteiger partial charge in [-0.15, -0.1) is 5.10 Å². The second-order valence-corrected chi connectivity index (χ2v) is 6.41. The zero-order chi connectivity index (χ0) is 17.5. The Kier molecular flexibility index (Phi) is 5.95. The lowest BCUT2D eigenvalue weighted by atomic mass is 10.00. The van der Waals surface area contributed by atoms with E-state index in [1.165, 1.54) is 12.8 Å². The van der Waals surface area contributed by atoms with Gasteiger partial charge in [0.1, 0.15) is 0 Å². The van der Waals surface area contributed by atoms with Gasteiger partial charge >= 0.3 is 0 Å². The number of nitrogens with zero attached hydrogens (tertiary/aromatic N) is 4. The van der Waals surface area contributed by atoms with Crippen molar-refractivity contribution in [2.75, 3.05) is 31.5 Å². The fourth-order valence-electron chi connectivity index (χ4n) is 2.97. The first kappa shape index (κ1) is 17.3. The molecule has 0 bridgehead atoms. The predicted octanol–water partition coefficient (Wildman–Crippen LogP) is 0.823. The van der Waals surface area contributed by atoms with Crippen LogP contribution in [0.5, 0.6) is 0 Å². The Bertz CT molecular complexity index is 694. The van der Waals surface area contributed by atoms with Gasteiger partial charge in [0.05, 0.1) is 6.20 Å². The number of rotatable bonds is 7. The van der Waals surface area contributed by atoms with Crippen LogP contribution in [0.4, 0.5) is 5.69 Å². The van der Waals surface area contributed by atoms with Crippen molar-refractivity contribution < 1.29 is 4.79 Å². The second-order valence-electron chi connectivity index (χ2n) is 6.41. The van der Waals surface area contributed by atoms with Crippen molar-refractivity contribution >= 4 is 11.6 Å². The molecule has 8 heteroatoms. The van der Waals surface area contributed by atoms with E-state index in [0.717, 1.165) is 30.9 Å². The van der Waals surface area contributed by atoms with Crippen molar-refractivity contribution in [3.63, 3.8) is 0 Å². The summed E-state index contributed by atoms with van der Waals surface area (Å²) in [6, 6.07) is 1.92. The van der Waals surface area contributed by atoms with Crippen LogP contribution in [0, 0.1) is 12.8 Å². The summed E-state index contributed by atoms with van der Waals surface area (Å²) < 4.78 is 1.77. The molecule has 8 nitrogen and oxygen atoms in total. The van der Waals surface area contributed by atoms with Gasteiger partial charge in [-0.25, -0.2) is 0 Å². The SMILES string of the molecule is Cc1cnccc1NCCNC(=O)c1cn(CC2CCCNC2)nn1. The summed E-state index contributed by atoms with van der Waals surface area (Å²) in [5.41, 5.74) is 2.47. The van der Waals surface area contributed by atoms with Crippen molar-refractivity contribution in [2.45, 2.75) is 26.3 Å². The second kappa shape index (κ2) is 8.57. The molecule has 1 aliphatic rings. The zero-order valence-corrected chi connectivity index (χ0v) is 14.5. The topological polar surface area (TPSA) is 96.8 Å². The Morgan fingerprint density at radius 1 is 1.44 bits per heavy atom. The van der Waals surface area contributed by atoms with Crippen molar-refractivity contribution in [2.24, 2.45) is 5.92 Å². The summed E-state index contributed by atoms with van der Waals surface area (Å²) in [4.78, 5) is 16.2. The molecule has 1 unspecified atom stereocenters. The standard InChI is InChI=1S/C17H25N7O/c1-13-9-19-6-4-15(13)20-7-8-21-17(25)16-12-24(23-22-16)11-14-3-2-5-18-10-14/h4,6,9,12,14,18H,2-3,5,7-8,10-11H2,1H3,(H,19,20)(H,21,25). The first-order valence-electron chi connectivity index (χ1n) is 8.76. The average molecular weight is 343 g/mol. The normalized spacial score (nSPS) is 17.2. The van der Waals surface area contributed by atoms with E-state index < -0.39 is 0 Å². The smallest absolute Gasteiger partial charge is 0.273 e. The van der Waals surface area contributed by atoms with Crippen LogP contribution in [-0.2, 0) is 6.54 Å². The molecule has 3 heterocycles. The van der Waals surface area contributed by atoms with Gasteiger partial charge in [-0.2, -0.15) is 0 Å². The number of carbonyl (C=O) groups excluding carboxylic acids is 1. The summed E-state index contributed by atoms with van der Waals surface area (Å²) in [7, 11) is 0. The van der Waals surface area contributed by atoms with Crippen LogP contribution in [0.15, 0.2) is 24.7 Å². The van der Waals surface area contributed by atoms with Crippen molar-refractivity contribution in [1.29, 1.82) is 0 Å². The van der Waals surface area contributed by atoms with Gasteiger partial charge in [0.25, 0.3) is 5.91 Å². The number of hydrogen-bond donors (Lipinski definition) is 3. The van der Waals surface area contributed by atoms with E-state index >= 15 is 0 Å². The first-order valence-corrected chi connectivity index (χ1v) is 8.76. The zero-order valence-electron chi connectivity index (χ0n) is 14.5. The number of nitrogens with one attached hydrogen (secondary N) is 3. The third-order valence-corrected chi connectivity index (χ3v) is 4.36. The number of aryl methyl sites for hydroxylation is 1. The summed E-state index contributed by atoms with van der Waals surface area (Å²) in [6.07, 6.45) is 7.66. The first-order chi connectivity index (χ1) is 12.2. The quantitative estimate of drug-likeness (QED) is 0.644. The molecule has 2 aromatic rings. The third-order valence-electron chi connectivity index (χ3n) is 4.36. The molecule has 3 N–H and O–H groups in total. The van der Waals surface area contributed by atoms with Crippen molar-refractivity contribution in [3.05, 3.63) is 35.9 Å². The van der Waals surface area contributed by atoms with E-state index in [4.69, 9.17) is 0 Å². The fraction of sp³-hybridized carbons (Fsp3) is 0.529. The molecule has 1 amide bonds. The van der Waals surface area contributed by atoms with Crippen LogP contribution in [0.2, 0.25) is 0 Å². The summed E-state index contributed by atoms with van der Waals surface area (Å²) in [5, 5.41) is 17.6. The monoisotopic (exact) mass is 343 g/mol. The van der Waals surface area contributed by atoms with E-state index in [1.54, 1.807) is 23.3 Å². The highest BCUT2D eigenvalue weighted by atomic mass is 16.2. The van der Waals surface area contributed by atoms with Gasteiger partial charge in [-0.3, -0.25) is 14.5 Å². The molecule has 0 saturated carbocycles. The Hall–Kier alpha value is -2.48. The van der Waals surface area contributed by atoms with Gasteiger partial charge in [0.2, 0.25) is 0 Å². The molecule has 0 aromatic carbocycles. The number of piperidine rings is 1. The minimum absolute atomic E-state index is 0.193. The molecule has 134 valence electrons. The Balaban J connectivity index is 1.41. The fourth-order valence-corrected chi connectivity index (χ4v) is 2.97. The number of amides is 1. The van der Waals surface area contributed by atoms with Crippen LogP contribution < -0.4 is 16.0 Å². The summed E-state index contributed by atoms with van der Waals surface area (Å²) >= 11 is 0. The van der Waals surface area contributed by atoms with Crippen LogP contribution >= 0.6 is 0 Å². The maximum absolute atomic E-state index is 12.2. The van der Waals surface area contributed by atoms with Gasteiger partial charge in [0.15, 0.2) is 5.69 Å². The van der Waals surface area contributed by atoms with Crippen LogP contribution in [-0.4, -0.2) is 52.1 Å². The minimum Gasteiger partial charge on any atom is -0.383 e. The molecular weight excluding hydrogens is 318 g/mol. The lowest BCUT2D eigenvalue weighted by molar-refractivity contribution is 0.0950. The largest absolute Gasteiger partial charge is 0.383 e. The van der Waals surface area contributed by atoms with Gasteiger partial charge in [-0.05, 0) is 50.4 Å². The van der Waals surface area contributed by atoms with E-state index in [-0.39, 0.29) is 5.91 Å². The van der Waals surface area contributed by atoms with Crippen molar-refractivity contribution in [1.82, 2.24) is 30.6 Å². The predicted molar refractivity (Wildman–Crippen MR) is 95.4 cm³/mol. The highest BCUT2D eigenvalue weighted by Gasteiger charge is 2.16. The van der Waals surface area contributed by atoms with E-state index in [9.17, 15) is 4.79 Å². The van der Waals surface area contributed by atoms with E-state index in [0.29, 0.717) is 24.7 Å². The highest BCUT2D eigenvalue weighted by Crippen LogP contribution is 2.12. The minimum atomic E-state index is -0.193. The lowest BCUT2D eigenvalue weighted by Gasteiger charge is -2.22. The summed E-state index contributed by atoms with van der Waals surface area (Å²) in [5.74, 6) is 0.362. The molecule has 1 aliphatic heterocycles. The number of carbonyl (C=O) groups is 1. The van der Waals surface area contributed by atoms with Crippen LogP contribution in [0.3, 0.4) is 0 Å². The number of aromatic nitrogens is 4. The molecule has 1 atom stereocenters. The van der Waals surface area contributed by atoms with E-state index in [1.807, 2.05) is 13.0 Å². The van der Waals surface area contributed by atoms with Gasteiger partial charge in [0, 0.05) is 37.7 Å². The molecule has 25 heavy (non-hydrogen) atoms. The number of anilines is 1. The lowest BCUT2D eigenvalue weighted by Crippen LogP contribution is -2.32. The number of pyridine rings is 1. The Labute approximate surface area is 147 Å². The average Bonchev–Trinajstić information content (AvgIpc) is 3.09. The molecule has 1 saturated heterocycles. The number of hydrogen-bond acceptors (Lipinski definition) is 6. The van der Waals surface area contributed by atoms with Crippen molar-refractivity contribution in [3.8, 4) is 0 Å².